The SMILES string of the molecule is CC(C)(C)OC(=O)NCCCN1C(=S)CC[C@H]1C(O)(c1ccccc1)c1ccccc1. The Morgan fingerprint density at radius 2 is 1.65 bits per heavy atom. The van der Waals surface area contributed by atoms with Crippen molar-refractivity contribution in [3.8, 4) is 0 Å². The van der Waals surface area contributed by atoms with Crippen LogP contribution in [0.15, 0.2) is 60.7 Å². The van der Waals surface area contributed by atoms with Gasteiger partial charge in [0.1, 0.15) is 11.2 Å². The van der Waals surface area contributed by atoms with Gasteiger partial charge in [-0.25, -0.2) is 4.79 Å². The molecule has 0 aromatic heterocycles. The van der Waals surface area contributed by atoms with Crippen LogP contribution < -0.4 is 5.32 Å². The van der Waals surface area contributed by atoms with Gasteiger partial charge in [-0.3, -0.25) is 0 Å². The summed E-state index contributed by atoms with van der Waals surface area (Å²) in [6, 6.07) is 19.4. The van der Waals surface area contributed by atoms with Gasteiger partial charge in [-0.1, -0.05) is 72.9 Å². The number of ether oxygens (including phenoxy) is 1. The van der Waals surface area contributed by atoms with Crippen molar-refractivity contribution in [1.29, 1.82) is 0 Å². The van der Waals surface area contributed by atoms with Crippen molar-refractivity contribution in [2.24, 2.45) is 0 Å². The molecule has 3 rings (SSSR count). The number of rotatable bonds is 7. The molecule has 0 aliphatic carbocycles. The molecule has 6 heteroatoms. The molecule has 1 fully saturated rings. The van der Waals surface area contributed by atoms with Crippen LogP contribution in [0.3, 0.4) is 0 Å². The van der Waals surface area contributed by atoms with E-state index in [-0.39, 0.29) is 6.04 Å². The zero-order valence-corrected chi connectivity index (χ0v) is 19.3. The van der Waals surface area contributed by atoms with Crippen LogP contribution in [0, 0.1) is 0 Å². The van der Waals surface area contributed by atoms with E-state index in [9.17, 15) is 9.90 Å². The largest absolute Gasteiger partial charge is 0.444 e. The summed E-state index contributed by atoms with van der Waals surface area (Å²) >= 11 is 5.66. The highest BCUT2D eigenvalue weighted by Crippen LogP contribution is 2.41. The third-order valence-electron chi connectivity index (χ3n) is 5.48. The van der Waals surface area contributed by atoms with E-state index in [2.05, 4.69) is 10.2 Å². The van der Waals surface area contributed by atoms with Crippen molar-refractivity contribution < 1.29 is 14.6 Å². The lowest BCUT2D eigenvalue weighted by Gasteiger charge is -2.41. The molecule has 2 N–H and O–H groups in total. The van der Waals surface area contributed by atoms with Gasteiger partial charge in [0.2, 0.25) is 0 Å². The summed E-state index contributed by atoms with van der Waals surface area (Å²) in [4.78, 5) is 14.9. The van der Waals surface area contributed by atoms with E-state index in [0.29, 0.717) is 19.5 Å². The highest BCUT2D eigenvalue weighted by molar-refractivity contribution is 7.80. The molecule has 1 heterocycles. The molecule has 31 heavy (non-hydrogen) atoms. The van der Waals surface area contributed by atoms with Crippen LogP contribution >= 0.6 is 12.2 Å². The summed E-state index contributed by atoms with van der Waals surface area (Å²) in [5.41, 5.74) is 0.00967. The van der Waals surface area contributed by atoms with Gasteiger partial charge in [-0.05, 0) is 44.7 Å². The van der Waals surface area contributed by atoms with E-state index < -0.39 is 17.3 Å². The molecular formula is C25H32N2O3S. The molecule has 2 aromatic carbocycles. The standard InChI is InChI=1S/C25H32N2O3S/c1-24(2,3)30-23(28)26-17-10-18-27-21(15-16-22(27)31)25(29,19-11-6-4-7-12-19)20-13-8-5-9-14-20/h4-9,11-14,21,29H,10,15-18H2,1-3H3,(H,26,28)/t21-/m0/s1. The predicted octanol–water partition coefficient (Wildman–Crippen LogP) is 4.63. The smallest absolute Gasteiger partial charge is 0.407 e. The lowest BCUT2D eigenvalue weighted by Crippen LogP contribution is -2.49. The molecule has 166 valence electrons. The summed E-state index contributed by atoms with van der Waals surface area (Å²) in [7, 11) is 0. The minimum Gasteiger partial charge on any atom is -0.444 e. The van der Waals surface area contributed by atoms with E-state index in [1.807, 2.05) is 81.4 Å². The molecule has 1 saturated heterocycles. The lowest BCUT2D eigenvalue weighted by atomic mass is 9.79. The lowest BCUT2D eigenvalue weighted by molar-refractivity contribution is 0.00927. The second-order valence-electron chi connectivity index (χ2n) is 8.92. The van der Waals surface area contributed by atoms with Crippen molar-refractivity contribution in [2.45, 2.75) is 57.3 Å². The highest BCUT2D eigenvalue weighted by Gasteiger charge is 2.46. The van der Waals surface area contributed by atoms with Crippen molar-refractivity contribution >= 4 is 23.3 Å². The maximum absolute atomic E-state index is 12.1. The minimum absolute atomic E-state index is 0.175. The first-order valence-electron chi connectivity index (χ1n) is 10.8. The Morgan fingerprint density at radius 3 is 2.16 bits per heavy atom. The van der Waals surface area contributed by atoms with Crippen molar-refractivity contribution in [3.63, 3.8) is 0 Å². The number of amides is 1. The van der Waals surface area contributed by atoms with Gasteiger partial charge in [0.05, 0.1) is 11.0 Å². The number of carbonyl (C=O) groups is 1. The molecule has 1 amide bonds. The molecule has 2 aromatic rings. The Morgan fingerprint density at radius 1 is 1.10 bits per heavy atom. The normalized spacial score (nSPS) is 17.0. The van der Waals surface area contributed by atoms with Crippen LogP contribution in [-0.4, -0.2) is 45.8 Å². The highest BCUT2D eigenvalue weighted by atomic mass is 32.1. The van der Waals surface area contributed by atoms with Gasteiger partial charge in [-0.15, -0.1) is 0 Å². The molecule has 0 unspecified atom stereocenters. The van der Waals surface area contributed by atoms with Gasteiger partial charge in [-0.2, -0.15) is 0 Å². The Bertz CT molecular complexity index is 841. The predicted molar refractivity (Wildman–Crippen MR) is 127 cm³/mol. The second kappa shape index (κ2) is 9.79. The third-order valence-corrected chi connectivity index (χ3v) is 5.92. The summed E-state index contributed by atoms with van der Waals surface area (Å²) in [5, 5.41) is 14.9. The van der Waals surface area contributed by atoms with Gasteiger partial charge in [0.15, 0.2) is 0 Å². The topological polar surface area (TPSA) is 61.8 Å². The molecule has 0 radical (unpaired) electrons. The number of benzene rings is 2. The molecule has 1 atom stereocenters. The fourth-order valence-corrected chi connectivity index (χ4v) is 4.47. The van der Waals surface area contributed by atoms with Crippen molar-refractivity contribution in [1.82, 2.24) is 10.2 Å². The molecule has 1 aliphatic heterocycles. The van der Waals surface area contributed by atoms with Gasteiger partial charge in [0.25, 0.3) is 0 Å². The van der Waals surface area contributed by atoms with Crippen molar-refractivity contribution in [2.75, 3.05) is 13.1 Å². The minimum atomic E-state index is -1.18. The molecule has 1 aliphatic rings. The number of nitrogens with zero attached hydrogens (tertiary/aromatic N) is 1. The first-order valence-corrected chi connectivity index (χ1v) is 11.2. The Balaban J connectivity index is 1.75. The van der Waals surface area contributed by atoms with Crippen LogP contribution in [0.5, 0.6) is 0 Å². The number of carbonyl (C=O) groups excluding carboxylic acids is 1. The molecule has 0 bridgehead atoms. The van der Waals surface area contributed by atoms with E-state index >= 15 is 0 Å². The fourth-order valence-electron chi connectivity index (χ4n) is 4.14. The summed E-state index contributed by atoms with van der Waals surface area (Å²) in [5.74, 6) is 0. The first kappa shape index (κ1) is 23.2. The van der Waals surface area contributed by atoms with E-state index in [4.69, 9.17) is 17.0 Å². The number of hydrogen-bond acceptors (Lipinski definition) is 4. The fraction of sp³-hybridized carbons (Fsp3) is 0.440. The van der Waals surface area contributed by atoms with Gasteiger partial charge >= 0.3 is 6.09 Å². The molecule has 0 saturated carbocycles. The zero-order valence-electron chi connectivity index (χ0n) is 18.5. The van der Waals surface area contributed by atoms with Crippen LogP contribution in [0.1, 0.15) is 51.2 Å². The first-order chi connectivity index (χ1) is 14.7. The number of hydrogen-bond donors (Lipinski definition) is 2. The maximum atomic E-state index is 12.1. The zero-order chi connectivity index (χ0) is 22.5. The number of alkyl carbamates (subject to hydrolysis) is 1. The second-order valence-corrected chi connectivity index (χ2v) is 9.39. The Hall–Kier alpha value is -2.44. The third kappa shape index (κ3) is 5.63. The maximum Gasteiger partial charge on any atom is 0.407 e. The monoisotopic (exact) mass is 440 g/mol. The summed E-state index contributed by atoms with van der Waals surface area (Å²) < 4.78 is 5.29. The number of aliphatic hydroxyl groups is 1. The molecule has 5 nitrogen and oxygen atoms in total. The summed E-state index contributed by atoms with van der Waals surface area (Å²) in [6.45, 7) is 6.66. The quantitative estimate of drug-likeness (QED) is 0.486. The van der Waals surface area contributed by atoms with E-state index in [0.717, 1.165) is 29.0 Å². The number of likely N-dealkylation sites (tertiary alicyclic amines) is 1. The van der Waals surface area contributed by atoms with Crippen molar-refractivity contribution in [3.05, 3.63) is 71.8 Å². The van der Waals surface area contributed by atoms with Crippen LogP contribution in [-0.2, 0) is 10.3 Å². The van der Waals surface area contributed by atoms with Crippen LogP contribution in [0.4, 0.5) is 4.79 Å². The van der Waals surface area contributed by atoms with Crippen LogP contribution in [0.25, 0.3) is 0 Å². The molecule has 0 spiro atoms. The van der Waals surface area contributed by atoms with E-state index in [1.54, 1.807) is 0 Å². The van der Waals surface area contributed by atoms with Crippen LogP contribution in [0.2, 0.25) is 0 Å². The van der Waals surface area contributed by atoms with Gasteiger partial charge in [0, 0.05) is 19.5 Å². The Labute approximate surface area is 190 Å². The average molecular weight is 441 g/mol. The number of thiocarbonyl (C=S) groups is 1. The van der Waals surface area contributed by atoms with Gasteiger partial charge < -0.3 is 20.1 Å². The number of nitrogens with one attached hydrogen (secondary N) is 1. The van der Waals surface area contributed by atoms with E-state index in [1.165, 1.54) is 0 Å². The summed E-state index contributed by atoms with van der Waals surface area (Å²) in [6.07, 6.45) is 1.83. The molecular weight excluding hydrogens is 408 g/mol. The average Bonchev–Trinajstić information content (AvgIpc) is 3.11. The Kier molecular flexibility index (Phi) is 7.34.